The maximum Gasteiger partial charge on any atom is 0.336 e. The predicted octanol–water partition coefficient (Wildman–Crippen LogP) is 0.880. The summed E-state index contributed by atoms with van der Waals surface area (Å²) in [5.74, 6) is 0. The number of fused-ring (bicyclic) bond motifs is 1. The first-order chi connectivity index (χ1) is 7.08. The van der Waals surface area contributed by atoms with E-state index in [1.165, 1.54) is 6.20 Å². The van der Waals surface area contributed by atoms with Crippen LogP contribution in [-0.4, -0.2) is 19.9 Å². The molecular weight excluding hydrogens is 224 g/mol. The van der Waals surface area contributed by atoms with Crippen LogP contribution in [0.4, 0.5) is 5.69 Å². The highest BCUT2D eigenvalue weighted by Crippen LogP contribution is 2.13. The fourth-order valence-corrected chi connectivity index (χ4v) is 1.24. The summed E-state index contributed by atoms with van der Waals surface area (Å²) in [4.78, 5) is 30.5. The van der Waals surface area contributed by atoms with Crippen LogP contribution in [0, 0.1) is 10.1 Å². The molecule has 0 amide bonds. The van der Waals surface area contributed by atoms with Crippen LogP contribution in [0.1, 0.15) is 0 Å². The molecule has 0 bridgehead atoms. The number of rotatable bonds is 1. The number of pyridine rings is 1. The molecule has 0 saturated carbocycles. The Hall–Kier alpha value is -2.02. The summed E-state index contributed by atoms with van der Waals surface area (Å²) in [6, 6.07) is 1.06. The standard InChI is InChI=1S/C7H3ClN4O3/c8-7-9-2-4-3(11-7)1-5(12(14)15)6(13)10-4/h1-2H,(H,10,13). The first-order valence-corrected chi connectivity index (χ1v) is 4.15. The van der Waals surface area contributed by atoms with E-state index in [2.05, 4.69) is 15.0 Å². The lowest BCUT2D eigenvalue weighted by Gasteiger charge is -1.96. The molecular formula is C7H3ClN4O3. The van der Waals surface area contributed by atoms with E-state index >= 15 is 0 Å². The third-order valence-corrected chi connectivity index (χ3v) is 1.92. The smallest absolute Gasteiger partial charge is 0.313 e. The Morgan fingerprint density at radius 3 is 2.93 bits per heavy atom. The summed E-state index contributed by atoms with van der Waals surface area (Å²) in [6.07, 6.45) is 1.29. The second-order valence-electron chi connectivity index (χ2n) is 2.68. The van der Waals surface area contributed by atoms with E-state index in [4.69, 9.17) is 11.6 Å². The molecule has 7 nitrogen and oxygen atoms in total. The highest BCUT2D eigenvalue weighted by atomic mass is 35.5. The van der Waals surface area contributed by atoms with Gasteiger partial charge < -0.3 is 4.98 Å². The van der Waals surface area contributed by atoms with E-state index in [0.29, 0.717) is 5.52 Å². The van der Waals surface area contributed by atoms with Crippen LogP contribution in [0.15, 0.2) is 17.1 Å². The van der Waals surface area contributed by atoms with Crippen molar-refractivity contribution in [2.75, 3.05) is 0 Å². The molecule has 2 aromatic rings. The average Bonchev–Trinajstić information content (AvgIpc) is 2.17. The van der Waals surface area contributed by atoms with Crippen molar-refractivity contribution in [2.24, 2.45) is 0 Å². The normalized spacial score (nSPS) is 10.5. The van der Waals surface area contributed by atoms with Crippen molar-refractivity contribution < 1.29 is 4.92 Å². The molecule has 8 heteroatoms. The number of nitrogens with one attached hydrogen (secondary N) is 1. The topological polar surface area (TPSA) is 102 Å². The molecule has 0 atom stereocenters. The summed E-state index contributed by atoms with van der Waals surface area (Å²) >= 11 is 5.51. The number of H-pyrrole nitrogens is 1. The van der Waals surface area contributed by atoms with Gasteiger partial charge in [-0.05, 0) is 11.6 Å². The van der Waals surface area contributed by atoms with E-state index in [0.717, 1.165) is 6.07 Å². The number of halogens is 1. The Kier molecular flexibility index (Phi) is 2.09. The Labute approximate surface area is 86.9 Å². The lowest BCUT2D eigenvalue weighted by atomic mass is 10.3. The predicted molar refractivity (Wildman–Crippen MR) is 51.8 cm³/mol. The van der Waals surface area contributed by atoms with Gasteiger partial charge in [0.05, 0.1) is 22.2 Å². The molecule has 0 aromatic carbocycles. The minimum atomic E-state index is -0.793. The number of hydrogen-bond acceptors (Lipinski definition) is 5. The minimum Gasteiger partial charge on any atom is -0.313 e. The van der Waals surface area contributed by atoms with Crippen molar-refractivity contribution in [3.8, 4) is 0 Å². The Bertz CT molecular complexity index is 609. The third-order valence-electron chi connectivity index (χ3n) is 1.74. The Morgan fingerprint density at radius 1 is 1.53 bits per heavy atom. The van der Waals surface area contributed by atoms with Crippen LogP contribution >= 0.6 is 11.6 Å². The number of aromatic nitrogens is 3. The van der Waals surface area contributed by atoms with Crippen LogP contribution < -0.4 is 5.56 Å². The van der Waals surface area contributed by atoms with Crippen LogP contribution in [-0.2, 0) is 0 Å². The van der Waals surface area contributed by atoms with Gasteiger partial charge in [0.2, 0.25) is 5.28 Å². The first kappa shape index (κ1) is 9.53. The summed E-state index contributed by atoms with van der Waals surface area (Å²) in [5, 5.41) is 10.4. The van der Waals surface area contributed by atoms with Crippen molar-refractivity contribution in [3.63, 3.8) is 0 Å². The molecule has 76 valence electrons. The van der Waals surface area contributed by atoms with Gasteiger partial charge >= 0.3 is 11.2 Å². The Balaban J connectivity index is 2.83. The fourth-order valence-electron chi connectivity index (χ4n) is 1.10. The lowest BCUT2D eigenvalue weighted by Crippen LogP contribution is -2.11. The van der Waals surface area contributed by atoms with Gasteiger partial charge in [0.1, 0.15) is 0 Å². The van der Waals surface area contributed by atoms with Crippen LogP contribution in [0.5, 0.6) is 0 Å². The van der Waals surface area contributed by atoms with Crippen molar-refractivity contribution in [3.05, 3.63) is 38.0 Å². The van der Waals surface area contributed by atoms with E-state index < -0.39 is 16.2 Å². The molecule has 15 heavy (non-hydrogen) atoms. The average molecular weight is 227 g/mol. The van der Waals surface area contributed by atoms with E-state index in [9.17, 15) is 14.9 Å². The Morgan fingerprint density at radius 2 is 2.27 bits per heavy atom. The molecule has 0 aliphatic carbocycles. The van der Waals surface area contributed by atoms with Crippen molar-refractivity contribution in [1.82, 2.24) is 15.0 Å². The zero-order valence-corrected chi connectivity index (χ0v) is 7.85. The lowest BCUT2D eigenvalue weighted by molar-refractivity contribution is -0.386. The van der Waals surface area contributed by atoms with Gasteiger partial charge in [-0.2, -0.15) is 0 Å². The maximum absolute atomic E-state index is 11.2. The number of hydrogen-bond donors (Lipinski definition) is 1. The molecule has 2 heterocycles. The van der Waals surface area contributed by atoms with E-state index in [1.54, 1.807) is 0 Å². The molecule has 0 aliphatic rings. The van der Waals surface area contributed by atoms with Gasteiger partial charge in [0, 0.05) is 6.07 Å². The molecule has 0 aliphatic heterocycles. The van der Waals surface area contributed by atoms with E-state index in [-0.39, 0.29) is 10.8 Å². The van der Waals surface area contributed by atoms with Crippen LogP contribution in [0.3, 0.4) is 0 Å². The van der Waals surface area contributed by atoms with Gasteiger partial charge in [-0.15, -0.1) is 0 Å². The third kappa shape index (κ3) is 1.64. The van der Waals surface area contributed by atoms with Crippen LogP contribution in [0.2, 0.25) is 5.28 Å². The van der Waals surface area contributed by atoms with Gasteiger partial charge in [0.25, 0.3) is 0 Å². The van der Waals surface area contributed by atoms with Gasteiger partial charge in [0.15, 0.2) is 0 Å². The van der Waals surface area contributed by atoms with Gasteiger partial charge in [-0.1, -0.05) is 0 Å². The second kappa shape index (κ2) is 3.28. The molecule has 0 fully saturated rings. The van der Waals surface area contributed by atoms with Crippen molar-refractivity contribution >= 4 is 28.3 Å². The molecule has 1 N–H and O–H groups in total. The highest BCUT2D eigenvalue weighted by molar-refractivity contribution is 6.28. The highest BCUT2D eigenvalue weighted by Gasteiger charge is 2.14. The summed E-state index contributed by atoms with van der Waals surface area (Å²) in [5.41, 5.74) is -0.841. The largest absolute Gasteiger partial charge is 0.336 e. The summed E-state index contributed by atoms with van der Waals surface area (Å²) < 4.78 is 0. The maximum atomic E-state index is 11.2. The fraction of sp³-hybridized carbons (Fsp3) is 0. The quantitative estimate of drug-likeness (QED) is 0.442. The number of aromatic amines is 1. The van der Waals surface area contributed by atoms with E-state index in [1.807, 2.05) is 0 Å². The van der Waals surface area contributed by atoms with Gasteiger partial charge in [-0.3, -0.25) is 14.9 Å². The zero-order chi connectivity index (χ0) is 11.0. The zero-order valence-electron chi connectivity index (χ0n) is 7.10. The number of nitrogens with zero attached hydrogens (tertiary/aromatic N) is 3. The molecule has 2 aromatic heterocycles. The number of nitro groups is 1. The van der Waals surface area contributed by atoms with Crippen molar-refractivity contribution in [2.45, 2.75) is 0 Å². The SMILES string of the molecule is O=c1[nH]c2cnc(Cl)nc2cc1[N+](=O)[O-]. The van der Waals surface area contributed by atoms with Gasteiger partial charge in [-0.25, -0.2) is 9.97 Å². The first-order valence-electron chi connectivity index (χ1n) is 3.78. The molecule has 0 unspecified atom stereocenters. The molecule has 0 saturated heterocycles. The monoisotopic (exact) mass is 226 g/mol. The second-order valence-corrected chi connectivity index (χ2v) is 3.02. The van der Waals surface area contributed by atoms with Crippen molar-refractivity contribution in [1.29, 1.82) is 0 Å². The van der Waals surface area contributed by atoms with Crippen LogP contribution in [0.25, 0.3) is 11.0 Å². The molecule has 0 spiro atoms. The molecule has 2 rings (SSSR count). The minimum absolute atomic E-state index is 0.0381. The molecule has 0 radical (unpaired) electrons. The summed E-state index contributed by atoms with van der Waals surface area (Å²) in [6.45, 7) is 0. The summed E-state index contributed by atoms with van der Waals surface area (Å²) in [7, 11) is 0.